The second-order valence-electron chi connectivity index (χ2n) is 6.20. The van der Waals surface area contributed by atoms with Crippen LogP contribution in [0.1, 0.15) is 30.6 Å². The summed E-state index contributed by atoms with van der Waals surface area (Å²) in [6.45, 7) is 5.80. The summed E-state index contributed by atoms with van der Waals surface area (Å²) >= 11 is 1.56. The Labute approximate surface area is 177 Å². The number of nitrogens with zero attached hydrogens (tertiary/aromatic N) is 1. The first-order valence-electron chi connectivity index (χ1n) is 9.56. The van der Waals surface area contributed by atoms with Crippen molar-refractivity contribution in [2.45, 2.75) is 30.1 Å². The molecule has 2 aromatic carbocycles. The molecule has 0 saturated carbocycles. The fourth-order valence-corrected chi connectivity index (χ4v) is 4.65. The molecule has 2 rings (SSSR count). The summed E-state index contributed by atoms with van der Waals surface area (Å²) in [5, 5.41) is 2.83. The highest BCUT2D eigenvalue weighted by atomic mass is 32.2. The molecule has 0 aromatic heterocycles. The number of hydrogen-bond donors (Lipinski definition) is 1. The van der Waals surface area contributed by atoms with E-state index in [0.29, 0.717) is 31.0 Å². The second-order valence-corrected chi connectivity index (χ2v) is 8.94. The summed E-state index contributed by atoms with van der Waals surface area (Å²) in [6, 6.07) is 13.4. The first kappa shape index (κ1) is 23.3. The van der Waals surface area contributed by atoms with Gasteiger partial charge in [-0.15, -0.1) is 11.8 Å². The molecule has 1 amide bonds. The molecule has 1 N–H and O–H groups in total. The highest BCUT2D eigenvalue weighted by Crippen LogP contribution is 2.25. The molecule has 0 atom stereocenters. The molecule has 0 radical (unpaired) electrons. The van der Waals surface area contributed by atoms with Gasteiger partial charge in [0.15, 0.2) is 0 Å². The maximum absolute atomic E-state index is 13.0. The Morgan fingerprint density at radius 1 is 1.07 bits per heavy atom. The SMILES string of the molecule is CCOCCCNC(=O)c1ccc(N(CC)S(=O)(=O)c2ccc(SC)cc2)cc1. The maximum atomic E-state index is 13.0. The smallest absolute Gasteiger partial charge is 0.264 e. The molecule has 0 saturated heterocycles. The lowest BCUT2D eigenvalue weighted by Gasteiger charge is -2.23. The van der Waals surface area contributed by atoms with E-state index in [4.69, 9.17) is 4.74 Å². The van der Waals surface area contributed by atoms with Crippen molar-refractivity contribution in [2.75, 3.05) is 36.9 Å². The number of rotatable bonds is 11. The number of nitrogens with one attached hydrogen (secondary N) is 1. The standard InChI is InChI=1S/C21H28N2O4S2/c1-4-23(29(25,26)20-13-11-19(28-3)12-14-20)18-9-7-17(8-10-18)21(24)22-15-6-16-27-5-2/h7-14H,4-6,15-16H2,1-3H3,(H,22,24). The van der Waals surface area contributed by atoms with Gasteiger partial charge < -0.3 is 10.1 Å². The predicted molar refractivity (Wildman–Crippen MR) is 118 cm³/mol. The summed E-state index contributed by atoms with van der Waals surface area (Å²) < 4.78 is 32.7. The van der Waals surface area contributed by atoms with Crippen molar-refractivity contribution in [3.8, 4) is 0 Å². The van der Waals surface area contributed by atoms with E-state index in [2.05, 4.69) is 5.32 Å². The monoisotopic (exact) mass is 436 g/mol. The summed E-state index contributed by atoms with van der Waals surface area (Å²) in [5.41, 5.74) is 1.01. The van der Waals surface area contributed by atoms with Gasteiger partial charge in [0.1, 0.15) is 0 Å². The van der Waals surface area contributed by atoms with Gasteiger partial charge in [-0.05, 0) is 75.1 Å². The minimum Gasteiger partial charge on any atom is -0.382 e. The Kier molecular flexibility index (Phi) is 9.00. The Morgan fingerprint density at radius 3 is 2.28 bits per heavy atom. The van der Waals surface area contributed by atoms with Crippen LogP contribution in [-0.2, 0) is 14.8 Å². The number of amides is 1. The zero-order valence-electron chi connectivity index (χ0n) is 17.1. The van der Waals surface area contributed by atoms with Gasteiger partial charge in [0, 0.05) is 36.8 Å². The molecular formula is C21H28N2O4S2. The topological polar surface area (TPSA) is 75.7 Å². The Bertz CT molecular complexity index is 882. The third kappa shape index (κ3) is 6.22. The van der Waals surface area contributed by atoms with E-state index in [0.717, 1.165) is 11.3 Å². The van der Waals surface area contributed by atoms with Crippen LogP contribution in [0.25, 0.3) is 0 Å². The molecule has 0 unspecified atom stereocenters. The molecule has 0 aliphatic rings. The largest absolute Gasteiger partial charge is 0.382 e. The summed E-state index contributed by atoms with van der Waals surface area (Å²) in [4.78, 5) is 13.5. The van der Waals surface area contributed by atoms with Crippen molar-refractivity contribution in [1.82, 2.24) is 5.32 Å². The van der Waals surface area contributed by atoms with Crippen LogP contribution < -0.4 is 9.62 Å². The van der Waals surface area contributed by atoms with Crippen molar-refractivity contribution in [2.24, 2.45) is 0 Å². The van der Waals surface area contributed by atoms with E-state index < -0.39 is 10.0 Å². The lowest BCUT2D eigenvalue weighted by atomic mass is 10.2. The van der Waals surface area contributed by atoms with Gasteiger partial charge in [-0.2, -0.15) is 0 Å². The molecule has 0 fully saturated rings. The highest BCUT2D eigenvalue weighted by Gasteiger charge is 2.23. The molecule has 2 aromatic rings. The fourth-order valence-electron chi connectivity index (χ4n) is 2.77. The number of thioether (sulfide) groups is 1. The van der Waals surface area contributed by atoms with E-state index in [1.807, 2.05) is 13.2 Å². The van der Waals surface area contributed by atoms with Gasteiger partial charge in [-0.3, -0.25) is 9.10 Å². The van der Waals surface area contributed by atoms with Crippen LogP contribution in [0.2, 0.25) is 0 Å². The molecule has 158 valence electrons. The van der Waals surface area contributed by atoms with Crippen LogP contribution in [0, 0.1) is 0 Å². The highest BCUT2D eigenvalue weighted by molar-refractivity contribution is 7.98. The summed E-state index contributed by atoms with van der Waals surface area (Å²) in [6.07, 6.45) is 2.69. The van der Waals surface area contributed by atoms with Crippen molar-refractivity contribution in [1.29, 1.82) is 0 Å². The number of anilines is 1. The van der Waals surface area contributed by atoms with Crippen molar-refractivity contribution in [3.05, 3.63) is 54.1 Å². The van der Waals surface area contributed by atoms with Gasteiger partial charge in [0.2, 0.25) is 0 Å². The number of ether oxygens (including phenoxy) is 1. The minimum atomic E-state index is -3.68. The molecule has 0 bridgehead atoms. The van der Waals surface area contributed by atoms with Gasteiger partial charge in [-0.25, -0.2) is 8.42 Å². The number of hydrogen-bond acceptors (Lipinski definition) is 5. The first-order valence-corrected chi connectivity index (χ1v) is 12.2. The average molecular weight is 437 g/mol. The number of carbonyl (C=O) groups excluding carboxylic acids is 1. The lowest BCUT2D eigenvalue weighted by molar-refractivity contribution is 0.0944. The van der Waals surface area contributed by atoms with Gasteiger partial charge in [0.25, 0.3) is 15.9 Å². The van der Waals surface area contributed by atoms with E-state index in [-0.39, 0.29) is 17.3 Å². The molecule has 0 heterocycles. The zero-order valence-corrected chi connectivity index (χ0v) is 18.7. The third-order valence-corrected chi connectivity index (χ3v) is 6.97. The maximum Gasteiger partial charge on any atom is 0.264 e. The third-order valence-electron chi connectivity index (χ3n) is 4.31. The van der Waals surface area contributed by atoms with Crippen LogP contribution in [0.3, 0.4) is 0 Å². The quantitative estimate of drug-likeness (QED) is 0.429. The molecular weight excluding hydrogens is 408 g/mol. The van der Waals surface area contributed by atoms with Crippen LogP contribution in [0.4, 0.5) is 5.69 Å². The van der Waals surface area contributed by atoms with Crippen LogP contribution in [0.5, 0.6) is 0 Å². The second kappa shape index (κ2) is 11.2. The van der Waals surface area contributed by atoms with Crippen LogP contribution in [0.15, 0.2) is 58.3 Å². The van der Waals surface area contributed by atoms with Crippen LogP contribution >= 0.6 is 11.8 Å². The Morgan fingerprint density at radius 2 is 1.72 bits per heavy atom. The van der Waals surface area contributed by atoms with Crippen LogP contribution in [-0.4, -0.2) is 46.9 Å². The Hall–Kier alpha value is -2.03. The molecule has 6 nitrogen and oxygen atoms in total. The van der Waals surface area contributed by atoms with E-state index in [9.17, 15) is 13.2 Å². The van der Waals surface area contributed by atoms with E-state index in [1.54, 1.807) is 67.2 Å². The molecule has 8 heteroatoms. The first-order chi connectivity index (χ1) is 13.9. The fraction of sp³-hybridized carbons (Fsp3) is 0.381. The zero-order chi connectivity index (χ0) is 21.3. The van der Waals surface area contributed by atoms with E-state index in [1.165, 1.54) is 4.31 Å². The number of benzene rings is 2. The normalized spacial score (nSPS) is 11.3. The van der Waals surface area contributed by atoms with Gasteiger partial charge >= 0.3 is 0 Å². The minimum absolute atomic E-state index is 0.188. The summed E-state index contributed by atoms with van der Waals surface area (Å²) in [7, 11) is -3.68. The van der Waals surface area contributed by atoms with Crippen molar-refractivity contribution >= 4 is 33.4 Å². The predicted octanol–water partition coefficient (Wildman–Crippen LogP) is 3.78. The van der Waals surface area contributed by atoms with Crippen molar-refractivity contribution in [3.63, 3.8) is 0 Å². The van der Waals surface area contributed by atoms with Gasteiger partial charge in [-0.1, -0.05) is 0 Å². The Balaban J connectivity index is 2.10. The average Bonchev–Trinajstić information content (AvgIpc) is 2.74. The summed E-state index contributed by atoms with van der Waals surface area (Å²) in [5.74, 6) is -0.188. The lowest BCUT2D eigenvalue weighted by Crippen LogP contribution is -2.31. The molecule has 0 aliphatic heterocycles. The van der Waals surface area contributed by atoms with Gasteiger partial charge in [0.05, 0.1) is 10.6 Å². The van der Waals surface area contributed by atoms with Crippen molar-refractivity contribution < 1.29 is 17.9 Å². The van der Waals surface area contributed by atoms with E-state index >= 15 is 0 Å². The molecule has 0 aliphatic carbocycles. The number of sulfonamides is 1. The molecule has 0 spiro atoms. The number of carbonyl (C=O) groups is 1. The molecule has 29 heavy (non-hydrogen) atoms.